The van der Waals surface area contributed by atoms with E-state index in [1.54, 1.807) is 0 Å². The molecule has 4 fully saturated rings. The van der Waals surface area contributed by atoms with Gasteiger partial charge in [0.15, 0.2) is 0 Å². The van der Waals surface area contributed by atoms with Gasteiger partial charge in [0.25, 0.3) is 0 Å². The van der Waals surface area contributed by atoms with Crippen LogP contribution in [0.15, 0.2) is 0 Å². The molecule has 27 heavy (non-hydrogen) atoms. The third-order valence-corrected chi connectivity index (χ3v) is 6.20. The Bertz CT molecular complexity index is 481. The fraction of sp³-hybridized carbons (Fsp3) is 0.950. The zero-order chi connectivity index (χ0) is 20.1. The maximum Gasteiger partial charge on any atom is 0.490 e. The maximum atomic E-state index is 10.6. The van der Waals surface area contributed by atoms with E-state index < -0.39 is 12.1 Å². The average molecular weight is 393 g/mol. The number of rotatable bonds is 8. The SMILES string of the molecule is CCCCCCCCOC12CC3CC(CC(N)(C3)C1)C2.O=C(O)C(F)(F)F. The number of hydrogen-bond acceptors (Lipinski definition) is 3. The lowest BCUT2D eigenvalue weighted by molar-refractivity contribution is -0.192. The summed E-state index contributed by atoms with van der Waals surface area (Å²) in [6.45, 7) is 3.25. The summed E-state index contributed by atoms with van der Waals surface area (Å²) in [6, 6.07) is 0. The number of ether oxygens (including phenoxy) is 1. The third-order valence-electron chi connectivity index (χ3n) is 6.20. The van der Waals surface area contributed by atoms with Gasteiger partial charge in [-0.1, -0.05) is 39.0 Å². The van der Waals surface area contributed by atoms with Crippen molar-refractivity contribution in [1.82, 2.24) is 0 Å². The Morgan fingerprint density at radius 2 is 1.59 bits per heavy atom. The van der Waals surface area contributed by atoms with Gasteiger partial charge >= 0.3 is 12.1 Å². The van der Waals surface area contributed by atoms with E-state index in [1.807, 2.05) is 0 Å². The van der Waals surface area contributed by atoms with Crippen molar-refractivity contribution in [3.8, 4) is 0 Å². The van der Waals surface area contributed by atoms with Crippen LogP contribution in [-0.2, 0) is 9.53 Å². The number of carboxylic acids is 1. The smallest absolute Gasteiger partial charge is 0.475 e. The Kier molecular flexibility index (Phi) is 7.59. The Morgan fingerprint density at radius 1 is 1.07 bits per heavy atom. The number of unbranched alkanes of at least 4 members (excludes halogenated alkanes) is 5. The number of carboxylic acid groups (broad SMARTS) is 1. The van der Waals surface area contributed by atoms with Crippen molar-refractivity contribution in [3.63, 3.8) is 0 Å². The van der Waals surface area contributed by atoms with Gasteiger partial charge in [-0.2, -0.15) is 13.2 Å². The molecule has 0 aromatic carbocycles. The van der Waals surface area contributed by atoms with E-state index in [2.05, 4.69) is 6.92 Å². The van der Waals surface area contributed by atoms with Crippen LogP contribution in [0.1, 0.15) is 84.0 Å². The number of nitrogens with two attached hydrogens (primary N) is 1. The molecule has 0 aliphatic heterocycles. The van der Waals surface area contributed by atoms with Gasteiger partial charge in [-0.25, -0.2) is 4.79 Å². The number of halogens is 3. The molecule has 0 spiro atoms. The molecule has 4 bridgehead atoms. The van der Waals surface area contributed by atoms with Crippen LogP contribution in [0.25, 0.3) is 0 Å². The molecule has 0 aromatic heterocycles. The van der Waals surface area contributed by atoms with E-state index >= 15 is 0 Å². The van der Waals surface area contributed by atoms with E-state index in [0.29, 0.717) is 0 Å². The summed E-state index contributed by atoms with van der Waals surface area (Å²) < 4.78 is 38.2. The standard InChI is InChI=1S/C18H33NO.C2HF3O2/c1-2-3-4-5-6-7-8-20-18-12-15-9-16(13-18)11-17(19,10-15)14-18;3-2(4,5)1(6)7/h15-16H,2-14,19H2,1H3;(H,6,7). The first-order chi connectivity index (χ1) is 12.6. The summed E-state index contributed by atoms with van der Waals surface area (Å²) in [4.78, 5) is 8.90. The molecule has 4 aliphatic rings. The number of carbonyl (C=O) groups is 1. The van der Waals surface area contributed by atoms with E-state index in [9.17, 15) is 13.2 Å². The van der Waals surface area contributed by atoms with Crippen LogP contribution in [0.3, 0.4) is 0 Å². The van der Waals surface area contributed by atoms with Crippen molar-refractivity contribution in [2.24, 2.45) is 17.6 Å². The quantitative estimate of drug-likeness (QED) is 0.566. The number of alkyl halides is 3. The van der Waals surface area contributed by atoms with Crippen LogP contribution in [0.5, 0.6) is 0 Å². The lowest BCUT2D eigenvalue weighted by atomic mass is 9.51. The van der Waals surface area contributed by atoms with Crippen molar-refractivity contribution in [2.75, 3.05) is 6.61 Å². The third kappa shape index (κ3) is 6.63. The topological polar surface area (TPSA) is 72.5 Å². The normalized spacial score (nSPS) is 34.3. The Balaban J connectivity index is 0.000000321. The van der Waals surface area contributed by atoms with Gasteiger partial charge in [-0.3, -0.25) is 0 Å². The molecule has 4 rings (SSSR count). The molecule has 4 aliphatic carbocycles. The van der Waals surface area contributed by atoms with Gasteiger partial charge in [-0.05, 0) is 56.8 Å². The molecule has 4 saturated carbocycles. The summed E-state index contributed by atoms with van der Waals surface area (Å²) >= 11 is 0. The largest absolute Gasteiger partial charge is 0.490 e. The molecule has 4 nitrogen and oxygen atoms in total. The molecule has 7 heteroatoms. The summed E-state index contributed by atoms with van der Waals surface area (Å²) in [7, 11) is 0. The highest BCUT2D eigenvalue weighted by molar-refractivity contribution is 5.73. The van der Waals surface area contributed by atoms with Gasteiger partial charge in [0.05, 0.1) is 5.60 Å². The molecule has 0 aromatic rings. The average Bonchev–Trinajstić information content (AvgIpc) is 2.51. The molecular formula is C20H34F3NO3. The molecule has 0 radical (unpaired) electrons. The lowest BCUT2D eigenvalue weighted by Crippen LogP contribution is -2.63. The summed E-state index contributed by atoms with van der Waals surface area (Å²) in [6.07, 6.45) is 10.7. The van der Waals surface area contributed by atoms with E-state index in [0.717, 1.165) is 24.9 Å². The second-order valence-corrected chi connectivity index (χ2v) is 8.93. The van der Waals surface area contributed by atoms with Crippen molar-refractivity contribution in [3.05, 3.63) is 0 Å². The second-order valence-electron chi connectivity index (χ2n) is 8.93. The highest BCUT2D eigenvalue weighted by Gasteiger charge is 2.56. The van der Waals surface area contributed by atoms with Crippen LogP contribution in [0.4, 0.5) is 13.2 Å². The minimum absolute atomic E-state index is 0.130. The van der Waals surface area contributed by atoms with Crippen molar-refractivity contribution >= 4 is 5.97 Å². The molecule has 0 amide bonds. The van der Waals surface area contributed by atoms with E-state index in [1.165, 1.54) is 70.6 Å². The second kappa shape index (κ2) is 9.12. The number of hydrogen-bond donors (Lipinski definition) is 2. The van der Waals surface area contributed by atoms with Crippen LogP contribution in [0, 0.1) is 11.8 Å². The lowest BCUT2D eigenvalue weighted by Gasteiger charge is -2.60. The molecule has 0 saturated heterocycles. The summed E-state index contributed by atoms with van der Waals surface area (Å²) in [5.41, 5.74) is 6.92. The molecule has 2 atom stereocenters. The summed E-state index contributed by atoms with van der Waals surface area (Å²) in [5.74, 6) is -1.02. The maximum absolute atomic E-state index is 10.6. The van der Waals surface area contributed by atoms with Crippen LogP contribution < -0.4 is 5.73 Å². The molecule has 3 N–H and O–H groups in total. The van der Waals surface area contributed by atoms with Gasteiger partial charge in [0.2, 0.25) is 0 Å². The number of aliphatic carboxylic acids is 1. The Labute approximate surface area is 160 Å². The minimum Gasteiger partial charge on any atom is -0.475 e. The summed E-state index contributed by atoms with van der Waals surface area (Å²) in [5, 5.41) is 7.12. The van der Waals surface area contributed by atoms with Crippen molar-refractivity contribution < 1.29 is 27.8 Å². The zero-order valence-corrected chi connectivity index (χ0v) is 16.3. The highest BCUT2D eigenvalue weighted by atomic mass is 19.4. The predicted octanol–water partition coefficient (Wildman–Crippen LogP) is 5.05. The molecule has 2 unspecified atom stereocenters. The van der Waals surface area contributed by atoms with Crippen LogP contribution in [-0.4, -0.2) is 35.0 Å². The first kappa shape index (κ1) is 22.5. The minimum atomic E-state index is -5.08. The van der Waals surface area contributed by atoms with Gasteiger partial charge in [0, 0.05) is 12.1 Å². The first-order valence-electron chi connectivity index (χ1n) is 10.3. The van der Waals surface area contributed by atoms with Gasteiger partial charge in [-0.15, -0.1) is 0 Å². The van der Waals surface area contributed by atoms with E-state index in [4.69, 9.17) is 20.4 Å². The molecular weight excluding hydrogens is 359 g/mol. The van der Waals surface area contributed by atoms with Crippen LogP contribution in [0.2, 0.25) is 0 Å². The monoisotopic (exact) mass is 393 g/mol. The fourth-order valence-corrected chi connectivity index (χ4v) is 5.59. The molecule has 0 heterocycles. The Morgan fingerprint density at radius 3 is 2.07 bits per heavy atom. The van der Waals surface area contributed by atoms with Crippen molar-refractivity contribution in [2.45, 2.75) is 101 Å². The van der Waals surface area contributed by atoms with Crippen LogP contribution >= 0.6 is 0 Å². The van der Waals surface area contributed by atoms with Gasteiger partial charge in [0.1, 0.15) is 0 Å². The van der Waals surface area contributed by atoms with Gasteiger partial charge < -0.3 is 15.6 Å². The van der Waals surface area contributed by atoms with Crippen molar-refractivity contribution in [1.29, 1.82) is 0 Å². The zero-order valence-electron chi connectivity index (χ0n) is 16.3. The van der Waals surface area contributed by atoms with E-state index in [-0.39, 0.29) is 11.1 Å². The Hall–Kier alpha value is -0.820. The highest BCUT2D eigenvalue weighted by Crippen LogP contribution is 2.57. The first-order valence-corrected chi connectivity index (χ1v) is 10.3. The predicted molar refractivity (Wildman–Crippen MR) is 97.4 cm³/mol. The fourth-order valence-electron chi connectivity index (χ4n) is 5.59. The molecule has 158 valence electrons.